The van der Waals surface area contributed by atoms with Crippen molar-refractivity contribution >= 4 is 15.9 Å². The van der Waals surface area contributed by atoms with Gasteiger partial charge < -0.3 is 5.73 Å². The van der Waals surface area contributed by atoms with Gasteiger partial charge in [-0.3, -0.25) is 0 Å². The zero-order valence-electron chi connectivity index (χ0n) is 28.5. The summed E-state index contributed by atoms with van der Waals surface area (Å²) in [7, 11) is 0. The van der Waals surface area contributed by atoms with Crippen molar-refractivity contribution in [1.82, 2.24) is 0 Å². The first-order chi connectivity index (χ1) is 19.2. The van der Waals surface area contributed by atoms with Crippen LogP contribution in [0, 0.1) is 53.3 Å². The van der Waals surface area contributed by atoms with Gasteiger partial charge in [-0.25, -0.2) is 0 Å². The maximum Gasteiger partial charge on any atom is 0.0225 e. The molecule has 2 saturated carbocycles. The van der Waals surface area contributed by atoms with Gasteiger partial charge in [0.15, 0.2) is 0 Å². The lowest BCUT2D eigenvalue weighted by molar-refractivity contribution is -0.0226. The molecule has 8 unspecified atom stereocenters. The van der Waals surface area contributed by atoms with Crippen LogP contribution < -0.4 is 5.73 Å². The number of alkyl halides is 1. The van der Waals surface area contributed by atoms with Crippen LogP contribution in [0.2, 0.25) is 0 Å². The van der Waals surface area contributed by atoms with Crippen molar-refractivity contribution < 1.29 is 0 Å². The average molecular weight is 625 g/mol. The molecule has 8 atom stereocenters. The first-order valence-corrected chi connectivity index (χ1v) is 19.6. The third-order valence-electron chi connectivity index (χ3n) is 11.9. The molecule has 0 amide bonds. The van der Waals surface area contributed by atoms with E-state index in [0.717, 1.165) is 53.2 Å². The summed E-state index contributed by atoms with van der Waals surface area (Å²) >= 11 is 3.93. The molecule has 0 spiro atoms. The Morgan fingerprint density at radius 3 is 1.62 bits per heavy atom. The third kappa shape index (κ3) is 11.5. The van der Waals surface area contributed by atoms with Crippen molar-refractivity contribution in [1.29, 1.82) is 0 Å². The van der Waals surface area contributed by atoms with Crippen LogP contribution >= 0.6 is 15.9 Å². The predicted octanol–water partition coefficient (Wildman–Crippen LogP) is 12.6. The molecule has 238 valence electrons. The molecular weight excluding hydrogens is 550 g/mol. The fourth-order valence-electron chi connectivity index (χ4n) is 9.45. The zero-order chi connectivity index (χ0) is 29.5. The number of hydrogen-bond donors (Lipinski definition) is 1. The number of rotatable bonds is 20. The van der Waals surface area contributed by atoms with E-state index in [0.29, 0.717) is 11.8 Å². The summed E-state index contributed by atoms with van der Waals surface area (Å²) in [4.78, 5) is 0. The Kier molecular flexibility index (Phi) is 18.0. The Morgan fingerprint density at radius 1 is 0.650 bits per heavy atom. The highest BCUT2D eigenvalue weighted by atomic mass is 79.9. The Hall–Kier alpha value is 0.440. The Balaban J connectivity index is 2.11. The van der Waals surface area contributed by atoms with Gasteiger partial charge in [-0.05, 0) is 91.8 Å². The molecule has 2 N–H and O–H groups in total. The fraction of sp³-hybridized carbons (Fsp3) is 1.00. The van der Waals surface area contributed by atoms with E-state index in [1.807, 2.05) is 0 Å². The molecule has 2 aliphatic carbocycles. The summed E-state index contributed by atoms with van der Waals surface area (Å²) in [6, 6.07) is 0. The highest BCUT2D eigenvalue weighted by Crippen LogP contribution is 2.53. The largest absolute Gasteiger partial charge is 0.325 e. The molecule has 40 heavy (non-hydrogen) atoms. The van der Waals surface area contributed by atoms with Crippen molar-refractivity contribution in [3.05, 3.63) is 0 Å². The maximum absolute atomic E-state index is 7.97. The molecule has 0 heterocycles. The lowest BCUT2D eigenvalue weighted by Crippen LogP contribution is -2.61. The number of halogens is 1. The molecule has 0 aromatic rings. The molecule has 0 bridgehead atoms. The van der Waals surface area contributed by atoms with Crippen LogP contribution in [0.15, 0.2) is 0 Å². The zero-order valence-corrected chi connectivity index (χ0v) is 30.1. The quantitative estimate of drug-likeness (QED) is 0.106. The molecular formula is C38H74BrN. The Bertz CT molecular complexity index is 631. The predicted molar refractivity (Wildman–Crippen MR) is 184 cm³/mol. The highest BCUT2D eigenvalue weighted by Gasteiger charge is 2.51. The molecule has 2 fully saturated rings. The van der Waals surface area contributed by atoms with Gasteiger partial charge in [0.2, 0.25) is 0 Å². The van der Waals surface area contributed by atoms with Crippen LogP contribution in [0.25, 0.3) is 0 Å². The summed E-state index contributed by atoms with van der Waals surface area (Å²) in [5, 5.41) is 1.06. The van der Waals surface area contributed by atoms with Crippen molar-refractivity contribution in [2.45, 2.75) is 182 Å². The van der Waals surface area contributed by atoms with Crippen LogP contribution in [0.4, 0.5) is 0 Å². The summed E-state index contributed by atoms with van der Waals surface area (Å²) in [6.07, 6.45) is 28.2. The smallest absolute Gasteiger partial charge is 0.0225 e. The third-order valence-corrected chi connectivity index (χ3v) is 12.3. The monoisotopic (exact) mass is 624 g/mol. The van der Waals surface area contributed by atoms with Gasteiger partial charge >= 0.3 is 0 Å². The lowest BCUT2D eigenvalue weighted by atomic mass is 9.52. The van der Waals surface area contributed by atoms with E-state index in [-0.39, 0.29) is 5.54 Å². The molecule has 2 aliphatic rings. The van der Waals surface area contributed by atoms with Crippen LogP contribution in [0.5, 0.6) is 0 Å². The van der Waals surface area contributed by atoms with Gasteiger partial charge in [-0.15, -0.1) is 0 Å². The first kappa shape index (κ1) is 36.6. The molecule has 0 aromatic carbocycles. The molecule has 2 rings (SSSR count). The Morgan fingerprint density at radius 2 is 1.12 bits per heavy atom. The molecule has 2 heteroatoms. The van der Waals surface area contributed by atoms with E-state index in [1.54, 1.807) is 0 Å². The highest BCUT2D eigenvalue weighted by molar-refractivity contribution is 9.09. The van der Waals surface area contributed by atoms with Gasteiger partial charge in [0.1, 0.15) is 0 Å². The van der Waals surface area contributed by atoms with E-state index in [4.69, 9.17) is 5.73 Å². The van der Waals surface area contributed by atoms with Crippen LogP contribution in [0.1, 0.15) is 177 Å². The molecule has 0 aliphatic heterocycles. The van der Waals surface area contributed by atoms with Gasteiger partial charge in [0.05, 0.1) is 0 Å². The summed E-state index contributed by atoms with van der Waals surface area (Å²) in [5.41, 5.74) is 7.94. The van der Waals surface area contributed by atoms with Crippen molar-refractivity contribution in [3.63, 3.8) is 0 Å². The van der Waals surface area contributed by atoms with Gasteiger partial charge in [0.25, 0.3) is 0 Å². The van der Waals surface area contributed by atoms with E-state index in [2.05, 4.69) is 64.4 Å². The van der Waals surface area contributed by atoms with Crippen LogP contribution in [-0.2, 0) is 0 Å². The molecule has 0 saturated heterocycles. The van der Waals surface area contributed by atoms with Crippen molar-refractivity contribution in [3.8, 4) is 0 Å². The second-order valence-corrected chi connectivity index (χ2v) is 16.6. The normalized spacial score (nSPS) is 30.1. The molecule has 0 aromatic heterocycles. The SMILES string of the molecule is CCCCCCCCCCCCCCC(C1CC(C)CCC1C(C)C)C(N)(CCBr)C1CC(C)CCC1C(C)C. The van der Waals surface area contributed by atoms with Gasteiger partial charge in [-0.2, -0.15) is 0 Å². The van der Waals surface area contributed by atoms with Crippen molar-refractivity contribution in [2.24, 2.45) is 59.0 Å². The summed E-state index contributed by atoms with van der Waals surface area (Å²) in [5.74, 6) is 7.04. The van der Waals surface area contributed by atoms with E-state index in [9.17, 15) is 0 Å². The van der Waals surface area contributed by atoms with Crippen LogP contribution in [0.3, 0.4) is 0 Å². The minimum absolute atomic E-state index is 0.0280. The average Bonchev–Trinajstić information content (AvgIpc) is 2.91. The summed E-state index contributed by atoms with van der Waals surface area (Å²) in [6.45, 7) is 17.4. The first-order valence-electron chi connectivity index (χ1n) is 18.5. The molecule has 0 radical (unpaired) electrons. The Labute approximate surface area is 261 Å². The van der Waals surface area contributed by atoms with Gasteiger partial charge in [0, 0.05) is 10.9 Å². The number of nitrogens with two attached hydrogens (primary N) is 1. The maximum atomic E-state index is 7.97. The topological polar surface area (TPSA) is 26.0 Å². The van der Waals surface area contributed by atoms with E-state index >= 15 is 0 Å². The number of unbranched alkanes of at least 4 members (excludes halogenated alkanes) is 11. The van der Waals surface area contributed by atoms with Crippen LogP contribution in [-0.4, -0.2) is 10.9 Å². The van der Waals surface area contributed by atoms with E-state index in [1.165, 1.54) is 122 Å². The minimum Gasteiger partial charge on any atom is -0.325 e. The second kappa shape index (κ2) is 19.7. The standard InChI is InChI=1S/C38H74BrN/c1-8-9-10-11-12-13-14-15-16-17-18-19-20-36(35-27-31(6)21-23-33(35)29(2)3)38(40,25-26-39)37-28-32(7)22-24-34(37)30(4)5/h29-37H,8-28,40H2,1-7H3. The molecule has 1 nitrogen and oxygen atoms in total. The second-order valence-electron chi connectivity index (χ2n) is 15.8. The minimum atomic E-state index is -0.0280. The van der Waals surface area contributed by atoms with Crippen molar-refractivity contribution in [2.75, 3.05) is 5.33 Å². The van der Waals surface area contributed by atoms with Gasteiger partial charge in [-0.1, -0.05) is 154 Å². The summed E-state index contributed by atoms with van der Waals surface area (Å²) < 4.78 is 0. The lowest BCUT2D eigenvalue weighted by Gasteiger charge is -2.55. The fourth-order valence-corrected chi connectivity index (χ4v) is 10.1. The van der Waals surface area contributed by atoms with E-state index < -0.39 is 0 Å². The number of hydrogen-bond acceptors (Lipinski definition) is 1.